The third-order valence-corrected chi connectivity index (χ3v) is 3.30. The van der Waals surface area contributed by atoms with Crippen molar-refractivity contribution in [1.82, 2.24) is 0 Å². The van der Waals surface area contributed by atoms with Crippen LogP contribution in [0.5, 0.6) is 17.2 Å². The zero-order chi connectivity index (χ0) is 13.1. The molecule has 2 aromatic rings. The molecular weight excluding hydrogens is 308 g/mol. The summed E-state index contributed by atoms with van der Waals surface area (Å²) in [7, 11) is 0. The maximum atomic E-state index is 5.85. The van der Waals surface area contributed by atoms with Gasteiger partial charge in [-0.1, -0.05) is 34.1 Å². The second-order valence-corrected chi connectivity index (χ2v) is 5.18. The van der Waals surface area contributed by atoms with Crippen molar-refractivity contribution in [2.45, 2.75) is 6.10 Å². The van der Waals surface area contributed by atoms with Gasteiger partial charge in [0.1, 0.15) is 19.0 Å². The summed E-state index contributed by atoms with van der Waals surface area (Å²) in [4.78, 5) is 0. The first-order valence-electron chi connectivity index (χ1n) is 6.08. The van der Waals surface area contributed by atoms with E-state index in [0.717, 1.165) is 21.7 Å². The number of benzene rings is 2. The molecule has 3 nitrogen and oxygen atoms in total. The van der Waals surface area contributed by atoms with Crippen molar-refractivity contribution >= 4 is 15.9 Å². The first kappa shape index (κ1) is 12.4. The second kappa shape index (κ2) is 5.53. The molecule has 2 aromatic carbocycles. The summed E-state index contributed by atoms with van der Waals surface area (Å²) in [5.41, 5.74) is 0. The van der Waals surface area contributed by atoms with E-state index in [1.165, 1.54) is 0 Å². The van der Waals surface area contributed by atoms with E-state index in [0.29, 0.717) is 13.2 Å². The summed E-state index contributed by atoms with van der Waals surface area (Å²) in [5.74, 6) is 2.37. The molecule has 0 fully saturated rings. The minimum atomic E-state index is -0.0954. The van der Waals surface area contributed by atoms with Crippen LogP contribution in [0.4, 0.5) is 0 Å². The Morgan fingerprint density at radius 2 is 1.95 bits per heavy atom. The van der Waals surface area contributed by atoms with Crippen molar-refractivity contribution in [1.29, 1.82) is 0 Å². The predicted octanol–water partition coefficient (Wildman–Crippen LogP) is 3.67. The highest BCUT2D eigenvalue weighted by molar-refractivity contribution is 9.10. The van der Waals surface area contributed by atoms with Gasteiger partial charge in [-0.2, -0.15) is 0 Å². The Morgan fingerprint density at radius 3 is 2.79 bits per heavy atom. The minimum Gasteiger partial charge on any atom is -0.490 e. The molecule has 0 saturated carbocycles. The third kappa shape index (κ3) is 3.01. The Labute approximate surface area is 120 Å². The molecule has 98 valence electrons. The van der Waals surface area contributed by atoms with Gasteiger partial charge in [0.05, 0.1) is 0 Å². The van der Waals surface area contributed by atoms with E-state index in [4.69, 9.17) is 14.2 Å². The topological polar surface area (TPSA) is 27.7 Å². The highest BCUT2D eigenvalue weighted by atomic mass is 79.9. The first-order valence-corrected chi connectivity index (χ1v) is 6.87. The fourth-order valence-corrected chi connectivity index (χ4v) is 2.22. The van der Waals surface area contributed by atoms with Crippen LogP contribution < -0.4 is 14.2 Å². The van der Waals surface area contributed by atoms with Gasteiger partial charge < -0.3 is 14.2 Å². The molecule has 0 aromatic heterocycles. The number of ether oxygens (including phenoxy) is 3. The standard InChI is InChI=1S/C15H13BrO3/c16-11-6-7-14-15(8-11)19-13(10-18-14)9-17-12-4-2-1-3-5-12/h1-8,13H,9-10H2/t13-/m1/s1. The number of rotatable bonds is 3. The molecule has 0 amide bonds. The lowest BCUT2D eigenvalue weighted by Gasteiger charge is -2.26. The normalized spacial score (nSPS) is 17.0. The molecule has 4 heteroatoms. The largest absolute Gasteiger partial charge is 0.490 e. The van der Waals surface area contributed by atoms with Gasteiger partial charge in [-0.05, 0) is 30.3 Å². The summed E-state index contributed by atoms with van der Waals surface area (Å²) in [6.45, 7) is 0.970. The van der Waals surface area contributed by atoms with Gasteiger partial charge in [0.15, 0.2) is 17.6 Å². The molecule has 1 aliphatic heterocycles. The number of para-hydroxylation sites is 1. The number of halogens is 1. The summed E-state index contributed by atoms with van der Waals surface area (Å²) >= 11 is 3.42. The van der Waals surface area contributed by atoms with Crippen LogP contribution in [0.15, 0.2) is 53.0 Å². The van der Waals surface area contributed by atoms with Gasteiger partial charge in [-0.15, -0.1) is 0 Å². The summed E-state index contributed by atoms with van der Waals surface area (Å²) in [5, 5.41) is 0. The van der Waals surface area contributed by atoms with Crippen molar-refractivity contribution in [3.8, 4) is 17.2 Å². The molecule has 0 saturated heterocycles. The van der Waals surface area contributed by atoms with Crippen LogP contribution in [0.25, 0.3) is 0 Å². The Morgan fingerprint density at radius 1 is 1.11 bits per heavy atom. The van der Waals surface area contributed by atoms with Crippen LogP contribution in [0.1, 0.15) is 0 Å². The molecule has 1 heterocycles. The van der Waals surface area contributed by atoms with Crippen LogP contribution in [0.2, 0.25) is 0 Å². The van der Waals surface area contributed by atoms with E-state index in [-0.39, 0.29) is 6.10 Å². The van der Waals surface area contributed by atoms with Crippen molar-refractivity contribution in [2.24, 2.45) is 0 Å². The zero-order valence-electron chi connectivity index (χ0n) is 10.2. The molecule has 0 aliphatic carbocycles. The van der Waals surface area contributed by atoms with Crippen LogP contribution in [-0.2, 0) is 0 Å². The highest BCUT2D eigenvalue weighted by Crippen LogP contribution is 2.34. The first-order chi connectivity index (χ1) is 9.31. The molecule has 1 aliphatic rings. The van der Waals surface area contributed by atoms with Gasteiger partial charge in [0.25, 0.3) is 0 Å². The van der Waals surface area contributed by atoms with Crippen molar-refractivity contribution in [3.05, 3.63) is 53.0 Å². The average molecular weight is 321 g/mol. The molecule has 19 heavy (non-hydrogen) atoms. The van der Waals surface area contributed by atoms with Crippen LogP contribution in [0, 0.1) is 0 Å². The van der Waals surface area contributed by atoms with E-state index in [1.54, 1.807) is 0 Å². The number of hydrogen-bond acceptors (Lipinski definition) is 3. The fraction of sp³-hybridized carbons (Fsp3) is 0.200. The zero-order valence-corrected chi connectivity index (χ0v) is 11.8. The van der Waals surface area contributed by atoms with E-state index < -0.39 is 0 Å². The lowest BCUT2D eigenvalue weighted by molar-refractivity contribution is 0.0535. The SMILES string of the molecule is Brc1ccc2c(c1)O[C@H](COc1ccccc1)CO2. The second-order valence-electron chi connectivity index (χ2n) is 4.27. The van der Waals surface area contributed by atoms with E-state index in [9.17, 15) is 0 Å². The predicted molar refractivity (Wildman–Crippen MR) is 76.0 cm³/mol. The van der Waals surface area contributed by atoms with E-state index >= 15 is 0 Å². The van der Waals surface area contributed by atoms with Crippen molar-refractivity contribution in [2.75, 3.05) is 13.2 Å². The van der Waals surface area contributed by atoms with Crippen molar-refractivity contribution < 1.29 is 14.2 Å². The Balaban J connectivity index is 1.62. The maximum Gasteiger partial charge on any atom is 0.166 e. The summed E-state index contributed by atoms with van der Waals surface area (Å²) < 4.78 is 18.2. The smallest absolute Gasteiger partial charge is 0.166 e. The Kier molecular flexibility index (Phi) is 3.60. The lowest BCUT2D eigenvalue weighted by Crippen LogP contribution is -2.34. The van der Waals surface area contributed by atoms with Gasteiger partial charge >= 0.3 is 0 Å². The monoisotopic (exact) mass is 320 g/mol. The van der Waals surface area contributed by atoms with E-state index in [2.05, 4.69) is 15.9 Å². The summed E-state index contributed by atoms with van der Waals surface area (Å²) in [6.07, 6.45) is -0.0954. The molecule has 0 bridgehead atoms. The van der Waals surface area contributed by atoms with Gasteiger partial charge in [-0.3, -0.25) is 0 Å². The Hall–Kier alpha value is -1.68. The van der Waals surface area contributed by atoms with Gasteiger partial charge in [0.2, 0.25) is 0 Å². The lowest BCUT2D eigenvalue weighted by atomic mass is 10.2. The maximum absolute atomic E-state index is 5.85. The third-order valence-electron chi connectivity index (χ3n) is 2.80. The highest BCUT2D eigenvalue weighted by Gasteiger charge is 2.21. The molecule has 3 rings (SSSR count). The van der Waals surface area contributed by atoms with Crippen LogP contribution >= 0.6 is 15.9 Å². The van der Waals surface area contributed by atoms with Gasteiger partial charge in [0, 0.05) is 4.47 Å². The van der Waals surface area contributed by atoms with Crippen molar-refractivity contribution in [3.63, 3.8) is 0 Å². The van der Waals surface area contributed by atoms with Crippen LogP contribution in [-0.4, -0.2) is 19.3 Å². The minimum absolute atomic E-state index is 0.0954. The number of fused-ring (bicyclic) bond motifs is 1. The number of hydrogen-bond donors (Lipinski definition) is 0. The van der Waals surface area contributed by atoms with Crippen LogP contribution in [0.3, 0.4) is 0 Å². The van der Waals surface area contributed by atoms with Gasteiger partial charge in [-0.25, -0.2) is 0 Å². The molecular formula is C15H13BrO3. The quantitative estimate of drug-likeness (QED) is 0.863. The molecule has 0 unspecified atom stereocenters. The van der Waals surface area contributed by atoms with E-state index in [1.807, 2.05) is 48.5 Å². The molecule has 0 N–H and O–H groups in total. The fourth-order valence-electron chi connectivity index (χ4n) is 1.88. The Bertz CT molecular complexity index is 557. The molecule has 1 atom stereocenters. The summed E-state index contributed by atoms with van der Waals surface area (Å²) in [6, 6.07) is 15.4. The molecule has 0 spiro atoms. The molecule has 0 radical (unpaired) electrons. The average Bonchev–Trinajstić information content (AvgIpc) is 2.46.